The summed E-state index contributed by atoms with van der Waals surface area (Å²) in [4.78, 5) is 31.7. The number of anilines is 1. The molecule has 22 heavy (non-hydrogen) atoms. The van der Waals surface area contributed by atoms with Crippen LogP contribution in [-0.2, 0) is 9.53 Å². The number of hydrogen-bond acceptors (Lipinski definition) is 4. The van der Waals surface area contributed by atoms with Gasteiger partial charge >= 0.3 is 6.03 Å². The van der Waals surface area contributed by atoms with E-state index in [1.165, 1.54) is 4.90 Å². The van der Waals surface area contributed by atoms with Crippen LogP contribution in [0, 0.1) is 20.8 Å². The van der Waals surface area contributed by atoms with Gasteiger partial charge in [0.2, 0.25) is 5.91 Å². The van der Waals surface area contributed by atoms with E-state index >= 15 is 0 Å². The molecule has 7 heteroatoms. The van der Waals surface area contributed by atoms with Crippen molar-refractivity contribution in [3.63, 3.8) is 0 Å². The van der Waals surface area contributed by atoms with Crippen molar-refractivity contribution >= 4 is 17.6 Å². The Morgan fingerprint density at radius 2 is 2.14 bits per heavy atom. The minimum atomic E-state index is -0.287. The first-order valence-electron chi connectivity index (χ1n) is 7.20. The van der Waals surface area contributed by atoms with Gasteiger partial charge in [0, 0.05) is 19.3 Å². The third-order valence-electron chi connectivity index (χ3n) is 3.63. The minimum absolute atomic E-state index is 0.0670. The molecule has 3 amide bonds. The molecule has 0 atom stereocenters. The second-order valence-electron chi connectivity index (χ2n) is 5.46. The Labute approximate surface area is 130 Å². The zero-order valence-electron chi connectivity index (χ0n) is 13.5. The monoisotopic (exact) mass is 306 g/mol. The molecule has 0 radical (unpaired) electrons. The molecule has 0 spiro atoms. The van der Waals surface area contributed by atoms with Crippen LogP contribution in [-0.4, -0.2) is 60.2 Å². The van der Waals surface area contributed by atoms with Gasteiger partial charge in [-0.3, -0.25) is 14.7 Å². The highest BCUT2D eigenvalue weighted by Gasteiger charge is 2.30. The fourth-order valence-electron chi connectivity index (χ4n) is 2.53. The van der Waals surface area contributed by atoms with Gasteiger partial charge in [0.05, 0.1) is 24.7 Å². The maximum Gasteiger partial charge on any atom is 0.323 e. The molecule has 1 aliphatic rings. The zero-order chi connectivity index (χ0) is 16.3. The predicted octanol–water partition coefficient (Wildman–Crippen LogP) is 1.29. The molecule has 1 saturated heterocycles. The molecule has 1 aromatic rings. The highest BCUT2D eigenvalue weighted by molar-refractivity contribution is 5.95. The van der Waals surface area contributed by atoms with Gasteiger partial charge in [0.25, 0.3) is 0 Å². The number of rotatable bonds is 4. The van der Waals surface area contributed by atoms with Crippen LogP contribution in [0.25, 0.3) is 0 Å². The summed E-state index contributed by atoms with van der Waals surface area (Å²) >= 11 is 0. The van der Waals surface area contributed by atoms with Gasteiger partial charge in [-0.1, -0.05) is 0 Å². The van der Waals surface area contributed by atoms with Crippen molar-refractivity contribution in [2.45, 2.75) is 20.8 Å². The average molecular weight is 306 g/mol. The number of methoxy groups -OCH3 is 1. The summed E-state index contributed by atoms with van der Waals surface area (Å²) in [5.41, 5.74) is 3.35. The van der Waals surface area contributed by atoms with Gasteiger partial charge < -0.3 is 15.0 Å². The molecule has 2 heterocycles. The van der Waals surface area contributed by atoms with E-state index in [0.717, 1.165) is 17.0 Å². The summed E-state index contributed by atoms with van der Waals surface area (Å²) in [7, 11) is 1.58. The molecule has 7 nitrogen and oxygen atoms in total. The number of aryl methyl sites for hydroxylation is 3. The zero-order valence-corrected chi connectivity index (χ0v) is 13.5. The maximum atomic E-state index is 12.3. The number of carbonyl (C=O) groups is 2. The standard InChI is InChI=1S/C15H22N4O3/c1-10-7-11(2)16-12(3)14(10)17-15(21)19-8-13(20)18(9-19)5-6-22-4/h7H,5-6,8-9H2,1-4H3,(H,17,21). The number of hydrogen-bond donors (Lipinski definition) is 1. The molecule has 1 N–H and O–H groups in total. The summed E-state index contributed by atoms with van der Waals surface area (Å²) < 4.78 is 4.96. The van der Waals surface area contributed by atoms with Crippen molar-refractivity contribution in [1.82, 2.24) is 14.8 Å². The average Bonchev–Trinajstić information content (AvgIpc) is 2.81. The lowest BCUT2D eigenvalue weighted by molar-refractivity contribution is -0.127. The Hall–Kier alpha value is -2.15. The molecule has 0 aromatic carbocycles. The van der Waals surface area contributed by atoms with E-state index < -0.39 is 0 Å². The van der Waals surface area contributed by atoms with E-state index in [1.54, 1.807) is 12.0 Å². The van der Waals surface area contributed by atoms with E-state index in [0.29, 0.717) is 18.8 Å². The fourth-order valence-corrected chi connectivity index (χ4v) is 2.53. The van der Waals surface area contributed by atoms with Crippen molar-refractivity contribution in [2.75, 3.05) is 38.8 Å². The van der Waals surface area contributed by atoms with Crippen molar-refractivity contribution in [1.29, 1.82) is 0 Å². The van der Waals surface area contributed by atoms with Crippen molar-refractivity contribution in [3.05, 3.63) is 23.0 Å². The Kier molecular flexibility index (Phi) is 4.97. The molecule has 0 bridgehead atoms. The third-order valence-corrected chi connectivity index (χ3v) is 3.63. The molecule has 2 rings (SSSR count). The Bertz CT molecular complexity index is 565. The summed E-state index contributed by atoms with van der Waals surface area (Å²) in [6, 6.07) is 1.63. The van der Waals surface area contributed by atoms with E-state index in [-0.39, 0.29) is 25.2 Å². The first-order chi connectivity index (χ1) is 10.4. The number of amides is 3. The summed E-state index contributed by atoms with van der Waals surface area (Å²) in [6.45, 7) is 7.02. The third kappa shape index (κ3) is 3.54. The van der Waals surface area contributed by atoms with Crippen LogP contribution in [0.2, 0.25) is 0 Å². The lowest BCUT2D eigenvalue weighted by atomic mass is 10.1. The van der Waals surface area contributed by atoms with Crippen LogP contribution in [0.5, 0.6) is 0 Å². The number of pyridine rings is 1. The van der Waals surface area contributed by atoms with Crippen LogP contribution in [0.15, 0.2) is 6.07 Å². The Morgan fingerprint density at radius 1 is 1.41 bits per heavy atom. The highest BCUT2D eigenvalue weighted by atomic mass is 16.5. The van der Waals surface area contributed by atoms with Gasteiger partial charge in [-0.05, 0) is 32.4 Å². The molecule has 0 aliphatic carbocycles. The number of nitrogens with zero attached hydrogens (tertiary/aromatic N) is 3. The van der Waals surface area contributed by atoms with Crippen LogP contribution in [0.4, 0.5) is 10.5 Å². The molecule has 0 unspecified atom stereocenters. The number of ether oxygens (including phenoxy) is 1. The van der Waals surface area contributed by atoms with Crippen molar-refractivity contribution in [2.24, 2.45) is 0 Å². The normalized spacial score (nSPS) is 14.6. The Morgan fingerprint density at radius 3 is 2.77 bits per heavy atom. The molecular formula is C15H22N4O3. The summed E-state index contributed by atoms with van der Waals surface area (Å²) in [6.07, 6.45) is 0. The van der Waals surface area contributed by atoms with Gasteiger partial charge in [0.1, 0.15) is 6.54 Å². The van der Waals surface area contributed by atoms with E-state index in [4.69, 9.17) is 4.74 Å². The number of urea groups is 1. The molecule has 1 aromatic heterocycles. The first kappa shape index (κ1) is 16.2. The quantitative estimate of drug-likeness (QED) is 0.909. The number of carbonyl (C=O) groups excluding carboxylic acids is 2. The van der Waals surface area contributed by atoms with Crippen LogP contribution in [0.1, 0.15) is 17.0 Å². The van der Waals surface area contributed by atoms with Gasteiger partial charge in [-0.15, -0.1) is 0 Å². The molecule has 1 aliphatic heterocycles. The van der Waals surface area contributed by atoms with Gasteiger partial charge in [-0.25, -0.2) is 4.79 Å². The Balaban J connectivity index is 2.03. The van der Waals surface area contributed by atoms with Crippen LogP contribution < -0.4 is 5.32 Å². The number of nitrogens with one attached hydrogen (secondary N) is 1. The van der Waals surface area contributed by atoms with Gasteiger partial charge in [0.15, 0.2) is 0 Å². The van der Waals surface area contributed by atoms with Crippen LogP contribution >= 0.6 is 0 Å². The molecule has 0 saturated carbocycles. The minimum Gasteiger partial charge on any atom is -0.383 e. The maximum absolute atomic E-state index is 12.3. The molecule has 1 fully saturated rings. The SMILES string of the molecule is COCCN1CN(C(=O)Nc2c(C)cc(C)nc2C)CC1=O. The predicted molar refractivity (Wildman–Crippen MR) is 82.6 cm³/mol. The van der Waals surface area contributed by atoms with Crippen molar-refractivity contribution < 1.29 is 14.3 Å². The highest BCUT2D eigenvalue weighted by Crippen LogP contribution is 2.20. The van der Waals surface area contributed by atoms with Crippen molar-refractivity contribution in [3.8, 4) is 0 Å². The second-order valence-corrected chi connectivity index (χ2v) is 5.46. The first-order valence-corrected chi connectivity index (χ1v) is 7.20. The smallest absolute Gasteiger partial charge is 0.323 e. The largest absolute Gasteiger partial charge is 0.383 e. The van der Waals surface area contributed by atoms with E-state index in [2.05, 4.69) is 10.3 Å². The van der Waals surface area contributed by atoms with E-state index in [9.17, 15) is 9.59 Å². The fraction of sp³-hybridized carbons (Fsp3) is 0.533. The molecule has 120 valence electrons. The summed E-state index contributed by atoms with van der Waals surface area (Å²) in [5, 5.41) is 2.86. The van der Waals surface area contributed by atoms with Crippen LogP contribution in [0.3, 0.4) is 0 Å². The summed E-state index contributed by atoms with van der Waals surface area (Å²) in [5.74, 6) is -0.0670. The topological polar surface area (TPSA) is 74.8 Å². The second kappa shape index (κ2) is 6.74. The van der Waals surface area contributed by atoms with Gasteiger partial charge in [-0.2, -0.15) is 0 Å². The lowest BCUT2D eigenvalue weighted by Gasteiger charge is -2.19. The number of aromatic nitrogens is 1. The molecular weight excluding hydrogens is 284 g/mol. The van der Waals surface area contributed by atoms with E-state index in [1.807, 2.05) is 26.8 Å². The lowest BCUT2D eigenvalue weighted by Crippen LogP contribution is -2.35.